The van der Waals surface area contributed by atoms with Crippen molar-refractivity contribution in [2.45, 2.75) is 33.7 Å². The van der Waals surface area contributed by atoms with Crippen molar-refractivity contribution < 1.29 is 0 Å². The fourth-order valence-corrected chi connectivity index (χ4v) is 3.15. The van der Waals surface area contributed by atoms with Gasteiger partial charge in [-0.05, 0) is 25.6 Å². The van der Waals surface area contributed by atoms with Crippen molar-refractivity contribution in [2.75, 3.05) is 13.1 Å². The zero-order valence-electron chi connectivity index (χ0n) is 11.0. The molecule has 0 saturated heterocycles. The molecule has 3 nitrogen and oxygen atoms in total. The van der Waals surface area contributed by atoms with Crippen molar-refractivity contribution in [1.82, 2.24) is 14.9 Å². The maximum absolute atomic E-state index is 6.24. The zero-order valence-corrected chi connectivity index (χ0v) is 12.6. The lowest BCUT2D eigenvalue weighted by Gasteiger charge is -2.16. The van der Waals surface area contributed by atoms with E-state index >= 15 is 0 Å². The summed E-state index contributed by atoms with van der Waals surface area (Å²) in [6.45, 7) is 9.19. The van der Waals surface area contributed by atoms with Gasteiger partial charge in [0.25, 0.3) is 0 Å². The van der Waals surface area contributed by atoms with Gasteiger partial charge < -0.3 is 0 Å². The van der Waals surface area contributed by atoms with E-state index in [0.717, 1.165) is 42.1 Å². The minimum atomic E-state index is 0.582. The minimum Gasteiger partial charge on any atom is -0.296 e. The summed E-state index contributed by atoms with van der Waals surface area (Å²) in [4.78, 5) is 13.6. The van der Waals surface area contributed by atoms with Crippen LogP contribution in [0.3, 0.4) is 0 Å². The Labute approximate surface area is 117 Å². The molecule has 0 fully saturated rings. The van der Waals surface area contributed by atoms with E-state index in [0.29, 0.717) is 5.15 Å². The van der Waals surface area contributed by atoms with Gasteiger partial charge in [-0.3, -0.25) is 4.90 Å². The fraction of sp³-hybridized carbons (Fsp3) is 0.538. The second kappa shape index (κ2) is 5.95. The van der Waals surface area contributed by atoms with E-state index in [1.54, 1.807) is 11.3 Å². The van der Waals surface area contributed by atoms with Crippen LogP contribution in [-0.2, 0) is 13.0 Å². The van der Waals surface area contributed by atoms with Crippen LogP contribution in [0.5, 0.6) is 0 Å². The second-order valence-corrected chi connectivity index (χ2v) is 5.65. The second-order valence-electron chi connectivity index (χ2n) is 4.18. The molecule has 0 aromatic carbocycles. The Kier molecular flexibility index (Phi) is 4.54. The van der Waals surface area contributed by atoms with E-state index in [-0.39, 0.29) is 0 Å². The standard InChI is InChI=1S/C13H18ClN3S/c1-4-9-7-10-12(14)15-11(16-13(10)18-9)8-17(5-2)6-3/h7H,4-6,8H2,1-3H3. The molecule has 2 heterocycles. The number of aromatic nitrogens is 2. The molecule has 0 amide bonds. The average molecular weight is 284 g/mol. The summed E-state index contributed by atoms with van der Waals surface area (Å²) in [6, 6.07) is 2.10. The number of rotatable bonds is 5. The third-order valence-corrected chi connectivity index (χ3v) is 4.51. The molecule has 0 saturated carbocycles. The van der Waals surface area contributed by atoms with Gasteiger partial charge in [0.1, 0.15) is 15.8 Å². The molecule has 0 aliphatic heterocycles. The lowest BCUT2D eigenvalue weighted by molar-refractivity contribution is 0.288. The molecule has 0 unspecified atom stereocenters. The average Bonchev–Trinajstić information content (AvgIpc) is 2.79. The van der Waals surface area contributed by atoms with Crippen molar-refractivity contribution in [2.24, 2.45) is 0 Å². The molecule has 18 heavy (non-hydrogen) atoms. The highest BCUT2D eigenvalue weighted by Gasteiger charge is 2.11. The Bertz CT molecular complexity index is 534. The van der Waals surface area contributed by atoms with Crippen LogP contribution in [0.1, 0.15) is 31.5 Å². The summed E-state index contributed by atoms with van der Waals surface area (Å²) in [6.07, 6.45) is 1.02. The minimum absolute atomic E-state index is 0.582. The molecule has 98 valence electrons. The van der Waals surface area contributed by atoms with Crippen LogP contribution in [0.2, 0.25) is 5.15 Å². The van der Waals surface area contributed by atoms with E-state index < -0.39 is 0 Å². The quantitative estimate of drug-likeness (QED) is 0.783. The number of halogens is 1. The monoisotopic (exact) mass is 283 g/mol. The largest absolute Gasteiger partial charge is 0.296 e. The first kappa shape index (κ1) is 13.7. The summed E-state index contributed by atoms with van der Waals surface area (Å²) in [5, 5.41) is 1.57. The van der Waals surface area contributed by atoms with E-state index in [1.807, 2.05) is 0 Å². The summed E-state index contributed by atoms with van der Waals surface area (Å²) < 4.78 is 0. The lowest BCUT2D eigenvalue weighted by Crippen LogP contribution is -2.23. The summed E-state index contributed by atoms with van der Waals surface area (Å²) in [5.74, 6) is 0.820. The van der Waals surface area contributed by atoms with E-state index in [2.05, 4.69) is 41.7 Å². The number of aryl methyl sites for hydroxylation is 1. The van der Waals surface area contributed by atoms with Gasteiger partial charge in [-0.2, -0.15) is 0 Å². The van der Waals surface area contributed by atoms with Gasteiger partial charge in [0.15, 0.2) is 0 Å². The van der Waals surface area contributed by atoms with Crippen LogP contribution >= 0.6 is 22.9 Å². The highest BCUT2D eigenvalue weighted by molar-refractivity contribution is 7.18. The number of hydrogen-bond acceptors (Lipinski definition) is 4. The normalized spacial score (nSPS) is 11.6. The molecule has 5 heteroatoms. The number of nitrogens with zero attached hydrogens (tertiary/aromatic N) is 3. The molecule has 0 bridgehead atoms. The Balaban J connectivity index is 2.35. The lowest BCUT2D eigenvalue weighted by atomic mass is 10.3. The van der Waals surface area contributed by atoms with Crippen LogP contribution in [0, 0.1) is 0 Å². The van der Waals surface area contributed by atoms with Crippen LogP contribution in [-0.4, -0.2) is 28.0 Å². The first-order valence-electron chi connectivity index (χ1n) is 6.35. The number of fused-ring (bicyclic) bond motifs is 1. The van der Waals surface area contributed by atoms with Crippen molar-refractivity contribution in [3.05, 3.63) is 21.9 Å². The Morgan fingerprint density at radius 3 is 2.56 bits per heavy atom. The molecular weight excluding hydrogens is 266 g/mol. The smallest absolute Gasteiger partial charge is 0.145 e. The highest BCUT2D eigenvalue weighted by atomic mass is 35.5. The third-order valence-electron chi connectivity index (χ3n) is 3.05. The molecule has 0 aliphatic rings. The molecule has 2 rings (SSSR count). The molecule has 0 radical (unpaired) electrons. The summed E-state index contributed by atoms with van der Waals surface area (Å²) in [7, 11) is 0. The van der Waals surface area contributed by atoms with Crippen molar-refractivity contribution in [3.63, 3.8) is 0 Å². The predicted molar refractivity (Wildman–Crippen MR) is 78.4 cm³/mol. The summed E-state index contributed by atoms with van der Waals surface area (Å²) >= 11 is 7.95. The molecule has 0 N–H and O–H groups in total. The molecular formula is C13H18ClN3S. The Morgan fingerprint density at radius 2 is 1.94 bits per heavy atom. The SMILES string of the molecule is CCc1cc2c(Cl)nc(CN(CC)CC)nc2s1. The van der Waals surface area contributed by atoms with E-state index in [9.17, 15) is 0 Å². The van der Waals surface area contributed by atoms with Crippen LogP contribution < -0.4 is 0 Å². The van der Waals surface area contributed by atoms with Gasteiger partial charge in [-0.1, -0.05) is 32.4 Å². The van der Waals surface area contributed by atoms with Gasteiger partial charge >= 0.3 is 0 Å². The molecule has 0 aliphatic carbocycles. The van der Waals surface area contributed by atoms with Gasteiger partial charge in [0.05, 0.1) is 6.54 Å². The van der Waals surface area contributed by atoms with Gasteiger partial charge in [0.2, 0.25) is 0 Å². The Hall–Kier alpha value is -0.710. The van der Waals surface area contributed by atoms with Crippen LogP contribution in [0.25, 0.3) is 10.2 Å². The zero-order chi connectivity index (χ0) is 13.1. The van der Waals surface area contributed by atoms with Crippen molar-refractivity contribution in [3.8, 4) is 0 Å². The van der Waals surface area contributed by atoms with E-state index in [1.165, 1.54) is 4.88 Å². The molecule has 0 atom stereocenters. The van der Waals surface area contributed by atoms with Crippen molar-refractivity contribution >= 4 is 33.2 Å². The Morgan fingerprint density at radius 1 is 1.22 bits per heavy atom. The predicted octanol–water partition coefficient (Wildman–Crippen LogP) is 3.75. The van der Waals surface area contributed by atoms with Crippen LogP contribution in [0.15, 0.2) is 6.07 Å². The first-order chi connectivity index (χ1) is 8.67. The first-order valence-corrected chi connectivity index (χ1v) is 7.54. The number of hydrogen-bond donors (Lipinski definition) is 0. The fourth-order valence-electron chi connectivity index (χ4n) is 1.87. The molecule has 2 aromatic heterocycles. The maximum atomic E-state index is 6.24. The maximum Gasteiger partial charge on any atom is 0.145 e. The molecule has 2 aromatic rings. The molecule has 0 spiro atoms. The van der Waals surface area contributed by atoms with Crippen molar-refractivity contribution in [1.29, 1.82) is 0 Å². The highest BCUT2D eigenvalue weighted by Crippen LogP contribution is 2.29. The van der Waals surface area contributed by atoms with E-state index in [4.69, 9.17) is 11.6 Å². The van der Waals surface area contributed by atoms with Gasteiger partial charge in [0, 0.05) is 10.3 Å². The third kappa shape index (κ3) is 2.82. The number of thiophene rings is 1. The topological polar surface area (TPSA) is 29.0 Å². The summed E-state index contributed by atoms with van der Waals surface area (Å²) in [5.41, 5.74) is 0. The van der Waals surface area contributed by atoms with Gasteiger partial charge in [-0.25, -0.2) is 9.97 Å². The van der Waals surface area contributed by atoms with Crippen LogP contribution in [0.4, 0.5) is 0 Å². The van der Waals surface area contributed by atoms with Gasteiger partial charge in [-0.15, -0.1) is 11.3 Å².